The molecule has 0 atom stereocenters. The van der Waals surface area contributed by atoms with Crippen molar-refractivity contribution in [3.8, 4) is 0 Å². The lowest BCUT2D eigenvalue weighted by atomic mass is 10.2. The number of halogens is 2. The average Bonchev–Trinajstić information content (AvgIpc) is 2.57. The monoisotopic (exact) mass is 362 g/mol. The number of benzene rings is 2. The summed E-state index contributed by atoms with van der Waals surface area (Å²) in [5, 5.41) is 9.40. The number of carbonyl (C=O) groups is 1. The fourth-order valence-corrected chi connectivity index (χ4v) is 2.77. The van der Waals surface area contributed by atoms with E-state index in [1.54, 1.807) is 0 Å². The summed E-state index contributed by atoms with van der Waals surface area (Å²) in [6, 6.07) is 9.98. The molecule has 0 radical (unpaired) electrons. The van der Waals surface area contributed by atoms with Crippen LogP contribution in [0.15, 0.2) is 52.1 Å². The Labute approximate surface area is 145 Å². The number of aliphatic carboxylic acids is 1. The van der Waals surface area contributed by atoms with E-state index < -0.39 is 29.6 Å². The van der Waals surface area contributed by atoms with E-state index in [0.29, 0.717) is 20.7 Å². The summed E-state index contributed by atoms with van der Waals surface area (Å²) in [6.07, 6.45) is 0. The van der Waals surface area contributed by atoms with Gasteiger partial charge in [0.2, 0.25) is 0 Å². The number of aromatic nitrogens is 2. The summed E-state index contributed by atoms with van der Waals surface area (Å²) in [5.41, 5.74) is -0.530. The van der Waals surface area contributed by atoms with Gasteiger partial charge >= 0.3 is 11.7 Å². The number of carboxylic acid groups (broad SMARTS) is 1. The molecule has 0 saturated carbocycles. The van der Waals surface area contributed by atoms with Crippen LogP contribution in [0.3, 0.4) is 0 Å². The molecule has 0 amide bonds. The highest BCUT2D eigenvalue weighted by molar-refractivity contribution is 6.31. The second kappa shape index (κ2) is 6.52. The molecular weight excluding hydrogens is 351 g/mol. The number of hydrogen-bond acceptors (Lipinski definition) is 3. The molecule has 0 unspecified atom stereocenters. The van der Waals surface area contributed by atoms with Crippen molar-refractivity contribution in [2.75, 3.05) is 0 Å². The Bertz CT molecular complexity index is 1090. The van der Waals surface area contributed by atoms with Gasteiger partial charge in [0.1, 0.15) is 12.4 Å². The first kappa shape index (κ1) is 16.9. The minimum absolute atomic E-state index is 0.0527. The van der Waals surface area contributed by atoms with E-state index in [0.717, 1.165) is 0 Å². The van der Waals surface area contributed by atoms with Crippen molar-refractivity contribution < 1.29 is 14.3 Å². The van der Waals surface area contributed by atoms with Crippen LogP contribution in [0, 0.1) is 5.82 Å². The van der Waals surface area contributed by atoms with E-state index in [4.69, 9.17) is 16.7 Å². The van der Waals surface area contributed by atoms with Crippen molar-refractivity contribution in [1.29, 1.82) is 0 Å². The molecule has 0 spiro atoms. The molecule has 8 heteroatoms. The van der Waals surface area contributed by atoms with Crippen molar-refractivity contribution in [2.24, 2.45) is 0 Å². The molecule has 3 rings (SSSR count). The molecule has 0 aliphatic rings. The van der Waals surface area contributed by atoms with Crippen LogP contribution in [0.1, 0.15) is 5.56 Å². The van der Waals surface area contributed by atoms with Crippen molar-refractivity contribution in [1.82, 2.24) is 9.13 Å². The SMILES string of the molecule is O=C(O)Cn1c(=O)c2cc(Cl)ccc2n(Cc2ccc(F)cc2)c1=O. The minimum Gasteiger partial charge on any atom is -0.480 e. The zero-order chi connectivity index (χ0) is 18.1. The molecule has 1 N–H and O–H groups in total. The quantitative estimate of drug-likeness (QED) is 0.770. The molecule has 0 aliphatic heterocycles. The predicted octanol–water partition coefficient (Wildman–Crippen LogP) is 2.09. The highest BCUT2D eigenvalue weighted by Crippen LogP contribution is 2.16. The second-order valence-corrected chi connectivity index (χ2v) is 5.88. The summed E-state index contributed by atoms with van der Waals surface area (Å²) < 4.78 is 15.0. The number of nitrogens with zero attached hydrogens (tertiary/aromatic N) is 2. The Morgan fingerprint density at radius 1 is 1.08 bits per heavy atom. The van der Waals surface area contributed by atoms with E-state index in [-0.39, 0.29) is 11.9 Å². The maximum atomic E-state index is 13.1. The van der Waals surface area contributed by atoms with Crippen LogP contribution in [-0.4, -0.2) is 20.2 Å². The normalized spacial score (nSPS) is 11.0. The van der Waals surface area contributed by atoms with Gasteiger partial charge in [-0.05, 0) is 35.9 Å². The van der Waals surface area contributed by atoms with Gasteiger partial charge in [-0.15, -0.1) is 0 Å². The van der Waals surface area contributed by atoms with E-state index in [9.17, 15) is 18.8 Å². The molecule has 2 aromatic carbocycles. The lowest BCUT2D eigenvalue weighted by Crippen LogP contribution is -2.41. The standard InChI is InChI=1S/C17H12ClFN2O4/c18-11-3-6-14-13(7-11)16(24)21(9-15(22)23)17(25)20(14)8-10-1-4-12(19)5-2-10/h1-7H,8-9H2,(H,22,23). The van der Waals surface area contributed by atoms with E-state index >= 15 is 0 Å². The number of rotatable bonds is 4. The van der Waals surface area contributed by atoms with E-state index in [1.807, 2.05) is 0 Å². The first-order chi connectivity index (χ1) is 11.9. The van der Waals surface area contributed by atoms with Crippen LogP contribution < -0.4 is 11.2 Å². The van der Waals surface area contributed by atoms with E-state index in [2.05, 4.69) is 0 Å². The highest BCUT2D eigenvalue weighted by atomic mass is 35.5. The summed E-state index contributed by atoms with van der Waals surface area (Å²) in [4.78, 5) is 36.1. The van der Waals surface area contributed by atoms with Gasteiger partial charge in [0.15, 0.2) is 0 Å². The zero-order valence-corrected chi connectivity index (χ0v) is 13.5. The van der Waals surface area contributed by atoms with Gasteiger partial charge < -0.3 is 5.11 Å². The Morgan fingerprint density at radius 3 is 2.40 bits per heavy atom. The third-order valence-electron chi connectivity index (χ3n) is 3.73. The number of carboxylic acids is 1. The molecule has 1 aromatic heterocycles. The lowest BCUT2D eigenvalue weighted by molar-refractivity contribution is -0.137. The first-order valence-corrected chi connectivity index (χ1v) is 7.64. The summed E-state index contributed by atoms with van der Waals surface area (Å²) >= 11 is 5.92. The van der Waals surface area contributed by atoms with Gasteiger partial charge in [-0.25, -0.2) is 13.8 Å². The zero-order valence-electron chi connectivity index (χ0n) is 12.8. The van der Waals surface area contributed by atoms with Gasteiger partial charge in [0.25, 0.3) is 5.56 Å². The van der Waals surface area contributed by atoms with Crippen LogP contribution in [0.2, 0.25) is 5.02 Å². The number of fused-ring (bicyclic) bond motifs is 1. The fourth-order valence-electron chi connectivity index (χ4n) is 2.60. The molecule has 0 saturated heterocycles. The third kappa shape index (κ3) is 3.32. The summed E-state index contributed by atoms with van der Waals surface area (Å²) in [5.74, 6) is -1.72. The Morgan fingerprint density at radius 2 is 1.76 bits per heavy atom. The van der Waals surface area contributed by atoms with Crippen LogP contribution in [0.5, 0.6) is 0 Å². The molecule has 128 valence electrons. The Balaban J connectivity index is 2.28. The van der Waals surface area contributed by atoms with Crippen LogP contribution in [0.4, 0.5) is 4.39 Å². The van der Waals surface area contributed by atoms with Gasteiger partial charge in [-0.2, -0.15) is 0 Å². The van der Waals surface area contributed by atoms with Crippen LogP contribution in [-0.2, 0) is 17.9 Å². The van der Waals surface area contributed by atoms with Gasteiger partial charge in [-0.3, -0.25) is 14.2 Å². The molecule has 3 aromatic rings. The van der Waals surface area contributed by atoms with Crippen LogP contribution >= 0.6 is 11.6 Å². The maximum absolute atomic E-state index is 13.1. The minimum atomic E-state index is -1.31. The molecule has 0 fully saturated rings. The average molecular weight is 363 g/mol. The lowest BCUT2D eigenvalue weighted by Gasteiger charge is -2.13. The van der Waals surface area contributed by atoms with Crippen molar-refractivity contribution in [3.63, 3.8) is 0 Å². The maximum Gasteiger partial charge on any atom is 0.332 e. The summed E-state index contributed by atoms with van der Waals surface area (Å²) in [7, 11) is 0. The first-order valence-electron chi connectivity index (χ1n) is 7.26. The third-order valence-corrected chi connectivity index (χ3v) is 3.97. The second-order valence-electron chi connectivity index (χ2n) is 5.44. The van der Waals surface area contributed by atoms with Crippen molar-refractivity contribution in [3.05, 3.63) is 79.7 Å². The van der Waals surface area contributed by atoms with Crippen molar-refractivity contribution >= 4 is 28.5 Å². The summed E-state index contributed by atoms with van der Waals surface area (Å²) in [6.45, 7) is -0.708. The number of hydrogen-bond donors (Lipinski definition) is 1. The fraction of sp³-hybridized carbons (Fsp3) is 0.118. The molecule has 0 aliphatic carbocycles. The van der Waals surface area contributed by atoms with Gasteiger partial charge in [0, 0.05) is 5.02 Å². The smallest absolute Gasteiger partial charge is 0.332 e. The predicted molar refractivity (Wildman–Crippen MR) is 90.6 cm³/mol. The molecular formula is C17H12ClFN2O4. The van der Waals surface area contributed by atoms with Gasteiger partial charge in [0.05, 0.1) is 17.4 Å². The van der Waals surface area contributed by atoms with Crippen LogP contribution in [0.25, 0.3) is 10.9 Å². The molecule has 1 heterocycles. The largest absolute Gasteiger partial charge is 0.480 e. The highest BCUT2D eigenvalue weighted by Gasteiger charge is 2.15. The van der Waals surface area contributed by atoms with Gasteiger partial charge in [-0.1, -0.05) is 23.7 Å². The Hall–Kier alpha value is -2.93. The Kier molecular flexibility index (Phi) is 4.41. The topological polar surface area (TPSA) is 81.3 Å². The molecule has 6 nitrogen and oxygen atoms in total. The molecule has 25 heavy (non-hydrogen) atoms. The molecule has 0 bridgehead atoms. The van der Waals surface area contributed by atoms with E-state index in [1.165, 1.54) is 47.0 Å². The van der Waals surface area contributed by atoms with Crippen molar-refractivity contribution in [2.45, 2.75) is 13.1 Å².